The second-order valence-electron chi connectivity index (χ2n) is 7.81. The van der Waals surface area contributed by atoms with Gasteiger partial charge in [0.25, 0.3) is 5.91 Å². The first-order valence-electron chi connectivity index (χ1n) is 10.4. The van der Waals surface area contributed by atoms with Crippen molar-refractivity contribution in [2.75, 3.05) is 39.3 Å². The number of hydrogen-bond donors (Lipinski definition) is 2. The van der Waals surface area contributed by atoms with Gasteiger partial charge in [0.15, 0.2) is 11.5 Å². The summed E-state index contributed by atoms with van der Waals surface area (Å²) in [6.45, 7) is 2.18. The topological polar surface area (TPSA) is 115 Å². The van der Waals surface area contributed by atoms with E-state index in [2.05, 4.69) is 10.6 Å². The summed E-state index contributed by atoms with van der Waals surface area (Å²) < 4.78 is 21.7. The number of methoxy groups -OCH3 is 2. The van der Waals surface area contributed by atoms with Crippen molar-refractivity contribution in [1.82, 2.24) is 10.2 Å². The van der Waals surface area contributed by atoms with Crippen molar-refractivity contribution in [3.8, 4) is 23.0 Å². The SMILES string of the molecule is COc1cc(NC(=O)CN2C(=O)NC(C)(c3ccc4c(c3)OCCCO4)C2=O)cc(OC)c1. The maximum atomic E-state index is 13.2. The van der Waals surface area contributed by atoms with Crippen LogP contribution in [-0.4, -0.2) is 56.7 Å². The zero-order chi connectivity index (χ0) is 23.6. The molecule has 33 heavy (non-hydrogen) atoms. The van der Waals surface area contributed by atoms with Crippen LogP contribution in [0.1, 0.15) is 18.9 Å². The molecule has 2 aromatic carbocycles. The van der Waals surface area contributed by atoms with Gasteiger partial charge in [-0.2, -0.15) is 0 Å². The summed E-state index contributed by atoms with van der Waals surface area (Å²) in [5.41, 5.74) is -0.402. The molecule has 4 rings (SSSR count). The molecular weight excluding hydrogens is 430 g/mol. The minimum Gasteiger partial charge on any atom is -0.497 e. The van der Waals surface area contributed by atoms with Crippen molar-refractivity contribution >= 4 is 23.5 Å². The molecule has 2 heterocycles. The zero-order valence-corrected chi connectivity index (χ0v) is 18.6. The summed E-state index contributed by atoms with van der Waals surface area (Å²) in [6, 6.07) is 9.32. The highest BCUT2D eigenvalue weighted by molar-refractivity contribution is 6.10. The minimum absolute atomic E-state index is 0.411. The summed E-state index contributed by atoms with van der Waals surface area (Å²) in [7, 11) is 2.99. The fraction of sp³-hybridized carbons (Fsp3) is 0.348. The van der Waals surface area contributed by atoms with Gasteiger partial charge in [0.2, 0.25) is 5.91 Å². The van der Waals surface area contributed by atoms with E-state index in [0.29, 0.717) is 47.5 Å². The Morgan fingerprint density at radius 2 is 1.73 bits per heavy atom. The number of urea groups is 1. The Kier molecular flexibility index (Phi) is 5.99. The molecule has 174 valence electrons. The number of carbonyl (C=O) groups is 3. The van der Waals surface area contributed by atoms with Crippen LogP contribution >= 0.6 is 0 Å². The quantitative estimate of drug-likeness (QED) is 0.642. The highest BCUT2D eigenvalue weighted by Gasteiger charge is 2.49. The van der Waals surface area contributed by atoms with Gasteiger partial charge in [-0.15, -0.1) is 0 Å². The molecule has 0 spiro atoms. The Hall–Kier alpha value is -3.95. The minimum atomic E-state index is -1.35. The van der Waals surface area contributed by atoms with Crippen LogP contribution < -0.4 is 29.6 Å². The second-order valence-corrected chi connectivity index (χ2v) is 7.81. The Morgan fingerprint density at radius 1 is 1.06 bits per heavy atom. The highest BCUT2D eigenvalue weighted by atomic mass is 16.5. The van der Waals surface area contributed by atoms with Gasteiger partial charge in [-0.3, -0.25) is 14.5 Å². The van der Waals surface area contributed by atoms with Gasteiger partial charge in [-0.25, -0.2) is 4.79 Å². The number of fused-ring (bicyclic) bond motifs is 1. The van der Waals surface area contributed by atoms with Crippen LogP contribution in [0.4, 0.5) is 10.5 Å². The lowest BCUT2D eigenvalue weighted by Gasteiger charge is -2.23. The fourth-order valence-corrected chi connectivity index (χ4v) is 3.73. The molecule has 0 aromatic heterocycles. The lowest BCUT2D eigenvalue weighted by molar-refractivity contribution is -0.133. The van der Waals surface area contributed by atoms with Crippen molar-refractivity contribution < 1.29 is 33.3 Å². The highest BCUT2D eigenvalue weighted by Crippen LogP contribution is 2.36. The molecule has 1 unspecified atom stereocenters. The smallest absolute Gasteiger partial charge is 0.325 e. The monoisotopic (exact) mass is 455 g/mol. The molecule has 2 aliphatic heterocycles. The number of ether oxygens (including phenoxy) is 4. The predicted molar refractivity (Wildman–Crippen MR) is 118 cm³/mol. The van der Waals surface area contributed by atoms with Gasteiger partial charge in [0.05, 0.1) is 27.4 Å². The van der Waals surface area contributed by atoms with E-state index in [4.69, 9.17) is 18.9 Å². The molecule has 2 aliphatic rings. The number of carbonyl (C=O) groups excluding carboxylic acids is 3. The summed E-state index contributed by atoms with van der Waals surface area (Å²) in [4.78, 5) is 39.4. The molecule has 2 N–H and O–H groups in total. The number of nitrogens with one attached hydrogen (secondary N) is 2. The molecule has 0 aliphatic carbocycles. The molecule has 0 saturated carbocycles. The summed E-state index contributed by atoms with van der Waals surface area (Å²) in [5.74, 6) is 0.985. The first kappa shape index (κ1) is 22.3. The van der Waals surface area contributed by atoms with Crippen LogP contribution in [-0.2, 0) is 15.1 Å². The van der Waals surface area contributed by atoms with Crippen molar-refractivity contribution in [2.45, 2.75) is 18.9 Å². The molecule has 2 aromatic rings. The summed E-state index contributed by atoms with van der Waals surface area (Å²) in [6.07, 6.45) is 0.749. The summed E-state index contributed by atoms with van der Waals surface area (Å²) >= 11 is 0. The molecule has 10 heteroatoms. The van der Waals surface area contributed by atoms with E-state index in [1.165, 1.54) is 14.2 Å². The van der Waals surface area contributed by atoms with Gasteiger partial charge in [-0.05, 0) is 24.6 Å². The molecule has 1 atom stereocenters. The Balaban J connectivity index is 1.50. The first-order valence-corrected chi connectivity index (χ1v) is 10.4. The molecule has 0 radical (unpaired) electrons. The number of amides is 4. The van der Waals surface area contributed by atoms with E-state index >= 15 is 0 Å². The van der Waals surface area contributed by atoms with E-state index in [0.717, 1.165) is 11.3 Å². The van der Waals surface area contributed by atoms with Crippen LogP contribution in [0.15, 0.2) is 36.4 Å². The van der Waals surface area contributed by atoms with Crippen LogP contribution in [0.5, 0.6) is 23.0 Å². The number of nitrogens with zero attached hydrogens (tertiary/aromatic N) is 1. The maximum Gasteiger partial charge on any atom is 0.325 e. The van der Waals surface area contributed by atoms with Crippen LogP contribution in [0.25, 0.3) is 0 Å². The first-order chi connectivity index (χ1) is 15.8. The van der Waals surface area contributed by atoms with Gasteiger partial charge in [-0.1, -0.05) is 6.07 Å². The van der Waals surface area contributed by atoms with Gasteiger partial charge in [0, 0.05) is 30.3 Å². The average Bonchev–Trinajstić information content (AvgIpc) is 2.96. The Bertz CT molecular complexity index is 1080. The number of rotatable bonds is 6. The van der Waals surface area contributed by atoms with E-state index < -0.39 is 29.9 Å². The molecule has 0 bridgehead atoms. The van der Waals surface area contributed by atoms with E-state index in [1.54, 1.807) is 43.3 Å². The zero-order valence-electron chi connectivity index (χ0n) is 18.6. The Labute approximate surface area is 190 Å². The fourth-order valence-electron chi connectivity index (χ4n) is 3.73. The van der Waals surface area contributed by atoms with E-state index in [9.17, 15) is 14.4 Å². The van der Waals surface area contributed by atoms with E-state index in [1.807, 2.05) is 0 Å². The molecular formula is C23H25N3O7. The normalized spacial score (nSPS) is 19.5. The lowest BCUT2D eigenvalue weighted by Crippen LogP contribution is -2.42. The predicted octanol–water partition coefficient (Wildman–Crippen LogP) is 2.27. The third kappa shape index (κ3) is 4.36. The standard InChI is InChI=1S/C23H25N3O7/c1-23(14-5-6-18-19(9-14)33-8-4-7-32-18)21(28)26(22(29)25-23)13-20(27)24-15-10-16(30-2)12-17(11-15)31-3/h5-6,9-12H,4,7-8,13H2,1-3H3,(H,24,27)(H,25,29). The average molecular weight is 455 g/mol. The summed E-state index contributed by atoms with van der Waals surface area (Å²) in [5, 5.41) is 5.36. The number of imide groups is 1. The molecule has 1 fully saturated rings. The van der Waals surface area contributed by atoms with Crippen LogP contribution in [0.2, 0.25) is 0 Å². The molecule has 1 saturated heterocycles. The largest absolute Gasteiger partial charge is 0.497 e. The van der Waals surface area contributed by atoms with Crippen molar-refractivity contribution in [3.63, 3.8) is 0 Å². The van der Waals surface area contributed by atoms with Crippen molar-refractivity contribution in [1.29, 1.82) is 0 Å². The third-order valence-corrected chi connectivity index (χ3v) is 5.54. The second kappa shape index (κ2) is 8.89. The lowest BCUT2D eigenvalue weighted by atomic mass is 9.91. The Morgan fingerprint density at radius 3 is 2.39 bits per heavy atom. The van der Waals surface area contributed by atoms with Gasteiger partial charge in [0.1, 0.15) is 23.6 Å². The number of hydrogen-bond acceptors (Lipinski definition) is 7. The van der Waals surface area contributed by atoms with Crippen molar-refractivity contribution in [2.24, 2.45) is 0 Å². The van der Waals surface area contributed by atoms with Crippen molar-refractivity contribution in [3.05, 3.63) is 42.0 Å². The van der Waals surface area contributed by atoms with Crippen LogP contribution in [0.3, 0.4) is 0 Å². The molecule has 10 nitrogen and oxygen atoms in total. The number of benzene rings is 2. The number of anilines is 1. The van der Waals surface area contributed by atoms with Gasteiger partial charge < -0.3 is 29.6 Å². The van der Waals surface area contributed by atoms with Gasteiger partial charge >= 0.3 is 6.03 Å². The molecule has 4 amide bonds. The van der Waals surface area contributed by atoms with Crippen LogP contribution in [0, 0.1) is 0 Å². The maximum absolute atomic E-state index is 13.2. The van der Waals surface area contributed by atoms with E-state index in [-0.39, 0.29) is 0 Å². The third-order valence-electron chi connectivity index (χ3n) is 5.54.